The highest BCUT2D eigenvalue weighted by atomic mass is 79.9. The van der Waals surface area contributed by atoms with Crippen LogP contribution in [0, 0.1) is 0 Å². The summed E-state index contributed by atoms with van der Waals surface area (Å²) in [5.41, 5.74) is -0.648. The molecule has 0 saturated carbocycles. The molecule has 0 saturated heterocycles. The Labute approximate surface area is 91.3 Å². The first kappa shape index (κ1) is 11.0. The van der Waals surface area contributed by atoms with E-state index < -0.39 is 5.60 Å². The fourth-order valence-corrected chi connectivity index (χ4v) is 2.49. The number of hydrogen-bond acceptors (Lipinski definition) is 3. The van der Waals surface area contributed by atoms with Crippen LogP contribution < -0.4 is 4.90 Å². The van der Waals surface area contributed by atoms with Gasteiger partial charge in [-0.1, -0.05) is 0 Å². The Bertz CT molecular complexity index is 279. The van der Waals surface area contributed by atoms with Crippen molar-refractivity contribution < 1.29 is 5.11 Å². The first-order valence-electron chi connectivity index (χ1n) is 4.07. The molecule has 1 rings (SSSR count). The third-order valence-electron chi connectivity index (χ3n) is 1.56. The van der Waals surface area contributed by atoms with Crippen LogP contribution in [-0.2, 0) is 0 Å². The molecule has 0 fully saturated rings. The smallest absolute Gasteiger partial charge is 0.0918 e. The minimum atomic E-state index is -0.648. The molecule has 0 aliphatic heterocycles. The van der Waals surface area contributed by atoms with Gasteiger partial charge in [-0.25, -0.2) is 0 Å². The molecule has 0 amide bonds. The standard InChI is InChI=1S/C9H14BrNOS/c1-9(2,12)6-11(3)8-5-4-7(10)13-8/h4-5,12H,6H2,1-3H3. The molecule has 74 valence electrons. The first-order valence-corrected chi connectivity index (χ1v) is 5.68. The largest absolute Gasteiger partial charge is 0.389 e. The van der Waals surface area contributed by atoms with Gasteiger partial charge in [0.25, 0.3) is 0 Å². The number of likely N-dealkylation sites (N-methyl/N-ethyl adjacent to an activating group) is 1. The highest BCUT2D eigenvalue weighted by Crippen LogP contribution is 2.29. The number of halogens is 1. The van der Waals surface area contributed by atoms with Gasteiger partial charge < -0.3 is 10.0 Å². The third kappa shape index (κ3) is 3.67. The van der Waals surface area contributed by atoms with Crippen molar-refractivity contribution in [2.45, 2.75) is 19.4 Å². The van der Waals surface area contributed by atoms with Crippen molar-refractivity contribution in [3.05, 3.63) is 15.9 Å². The van der Waals surface area contributed by atoms with E-state index in [9.17, 15) is 5.11 Å². The molecule has 0 aliphatic carbocycles. The topological polar surface area (TPSA) is 23.5 Å². The van der Waals surface area contributed by atoms with Crippen molar-refractivity contribution in [3.8, 4) is 0 Å². The van der Waals surface area contributed by atoms with Gasteiger partial charge in [-0.15, -0.1) is 11.3 Å². The van der Waals surface area contributed by atoms with Crippen molar-refractivity contribution in [2.75, 3.05) is 18.5 Å². The van der Waals surface area contributed by atoms with Crippen molar-refractivity contribution >= 4 is 32.3 Å². The summed E-state index contributed by atoms with van der Waals surface area (Å²) in [5, 5.41) is 10.8. The minimum Gasteiger partial charge on any atom is -0.389 e. The second-order valence-corrected chi connectivity index (χ2v) is 6.19. The summed E-state index contributed by atoms with van der Waals surface area (Å²) in [6.07, 6.45) is 0. The van der Waals surface area contributed by atoms with Crippen LogP contribution >= 0.6 is 27.3 Å². The lowest BCUT2D eigenvalue weighted by Crippen LogP contribution is -2.35. The number of thiophene rings is 1. The summed E-state index contributed by atoms with van der Waals surface area (Å²) in [5.74, 6) is 0. The zero-order chi connectivity index (χ0) is 10.1. The number of aliphatic hydroxyl groups is 1. The second-order valence-electron chi connectivity index (χ2n) is 3.75. The molecule has 0 spiro atoms. The van der Waals surface area contributed by atoms with Gasteiger partial charge in [-0.3, -0.25) is 0 Å². The molecule has 4 heteroatoms. The van der Waals surface area contributed by atoms with Gasteiger partial charge in [0.15, 0.2) is 0 Å². The van der Waals surface area contributed by atoms with E-state index >= 15 is 0 Å². The van der Waals surface area contributed by atoms with Crippen LogP contribution in [0.1, 0.15) is 13.8 Å². The van der Waals surface area contributed by atoms with Gasteiger partial charge in [0.1, 0.15) is 0 Å². The number of nitrogens with zero attached hydrogens (tertiary/aromatic N) is 1. The number of hydrogen-bond donors (Lipinski definition) is 1. The fraction of sp³-hybridized carbons (Fsp3) is 0.556. The van der Waals surface area contributed by atoms with Crippen molar-refractivity contribution in [1.29, 1.82) is 0 Å². The molecular weight excluding hydrogens is 250 g/mol. The van der Waals surface area contributed by atoms with Gasteiger partial charge in [0, 0.05) is 13.6 Å². The van der Waals surface area contributed by atoms with E-state index in [0.29, 0.717) is 6.54 Å². The Morgan fingerprint density at radius 1 is 1.54 bits per heavy atom. The van der Waals surface area contributed by atoms with Crippen LogP contribution in [0.25, 0.3) is 0 Å². The Hall–Kier alpha value is -0.0600. The van der Waals surface area contributed by atoms with Crippen LogP contribution in [0.5, 0.6) is 0 Å². The maximum atomic E-state index is 9.61. The zero-order valence-corrected chi connectivity index (χ0v) is 10.4. The highest BCUT2D eigenvalue weighted by molar-refractivity contribution is 9.11. The Morgan fingerprint density at radius 2 is 2.15 bits per heavy atom. The lowest BCUT2D eigenvalue weighted by atomic mass is 10.1. The highest BCUT2D eigenvalue weighted by Gasteiger charge is 2.16. The molecule has 2 nitrogen and oxygen atoms in total. The van der Waals surface area contributed by atoms with E-state index in [1.807, 2.05) is 33.0 Å². The van der Waals surface area contributed by atoms with Crippen LogP contribution in [0.4, 0.5) is 5.00 Å². The molecule has 0 radical (unpaired) electrons. The monoisotopic (exact) mass is 263 g/mol. The van der Waals surface area contributed by atoms with E-state index in [0.717, 1.165) is 8.79 Å². The van der Waals surface area contributed by atoms with Gasteiger partial charge >= 0.3 is 0 Å². The molecule has 1 aromatic rings. The van der Waals surface area contributed by atoms with E-state index in [4.69, 9.17) is 0 Å². The van der Waals surface area contributed by atoms with Gasteiger partial charge in [-0.05, 0) is 41.9 Å². The predicted octanol–water partition coefficient (Wildman–Crippen LogP) is 2.72. The normalized spacial score (nSPS) is 11.8. The SMILES string of the molecule is CN(CC(C)(C)O)c1ccc(Br)s1. The predicted molar refractivity (Wildman–Crippen MR) is 61.6 cm³/mol. The summed E-state index contributed by atoms with van der Waals surface area (Å²) in [4.78, 5) is 2.05. The summed E-state index contributed by atoms with van der Waals surface area (Å²) in [6, 6.07) is 4.06. The molecule has 0 bridgehead atoms. The molecule has 0 unspecified atom stereocenters. The lowest BCUT2D eigenvalue weighted by molar-refractivity contribution is 0.0887. The molecule has 0 atom stereocenters. The van der Waals surface area contributed by atoms with Gasteiger partial charge in [-0.2, -0.15) is 0 Å². The summed E-state index contributed by atoms with van der Waals surface area (Å²) in [6.45, 7) is 4.26. The zero-order valence-electron chi connectivity index (χ0n) is 8.04. The Morgan fingerprint density at radius 3 is 2.54 bits per heavy atom. The quantitative estimate of drug-likeness (QED) is 0.907. The number of rotatable bonds is 3. The Kier molecular flexibility index (Phi) is 3.38. The minimum absolute atomic E-state index is 0.639. The molecule has 13 heavy (non-hydrogen) atoms. The average molecular weight is 264 g/mol. The van der Waals surface area contributed by atoms with Crippen LogP contribution in [0.2, 0.25) is 0 Å². The van der Waals surface area contributed by atoms with Crippen LogP contribution in [-0.4, -0.2) is 24.3 Å². The molecule has 0 aliphatic rings. The maximum Gasteiger partial charge on any atom is 0.0918 e. The summed E-state index contributed by atoms with van der Waals surface area (Å²) in [7, 11) is 1.98. The van der Waals surface area contributed by atoms with Gasteiger partial charge in [0.2, 0.25) is 0 Å². The third-order valence-corrected chi connectivity index (χ3v) is 3.30. The van der Waals surface area contributed by atoms with Gasteiger partial charge in [0.05, 0.1) is 14.4 Å². The molecule has 1 aromatic heterocycles. The summed E-state index contributed by atoms with van der Waals surface area (Å²) >= 11 is 5.08. The Balaban J connectivity index is 2.64. The molecular formula is C9H14BrNOS. The first-order chi connectivity index (χ1) is 5.88. The van der Waals surface area contributed by atoms with Crippen molar-refractivity contribution in [1.82, 2.24) is 0 Å². The van der Waals surface area contributed by atoms with E-state index in [1.165, 1.54) is 0 Å². The van der Waals surface area contributed by atoms with Crippen molar-refractivity contribution in [3.63, 3.8) is 0 Å². The average Bonchev–Trinajstić information content (AvgIpc) is 2.31. The lowest BCUT2D eigenvalue weighted by Gasteiger charge is -2.25. The van der Waals surface area contributed by atoms with E-state index in [-0.39, 0.29) is 0 Å². The van der Waals surface area contributed by atoms with Crippen molar-refractivity contribution in [2.24, 2.45) is 0 Å². The molecule has 0 aromatic carbocycles. The fourth-order valence-electron chi connectivity index (χ4n) is 1.17. The van der Waals surface area contributed by atoms with Crippen LogP contribution in [0.15, 0.2) is 15.9 Å². The van der Waals surface area contributed by atoms with E-state index in [2.05, 4.69) is 20.8 Å². The molecule has 1 heterocycles. The maximum absolute atomic E-state index is 9.61. The molecule has 1 N–H and O–H groups in total. The summed E-state index contributed by atoms with van der Waals surface area (Å²) < 4.78 is 1.12. The van der Waals surface area contributed by atoms with E-state index in [1.54, 1.807) is 11.3 Å². The number of anilines is 1. The van der Waals surface area contributed by atoms with Crippen LogP contribution in [0.3, 0.4) is 0 Å². The second kappa shape index (κ2) is 3.98.